The van der Waals surface area contributed by atoms with Gasteiger partial charge in [-0.3, -0.25) is 0 Å². The van der Waals surface area contributed by atoms with Crippen LogP contribution in [0, 0.1) is 5.82 Å². The summed E-state index contributed by atoms with van der Waals surface area (Å²) in [6, 6.07) is 10.8. The third-order valence-electron chi connectivity index (χ3n) is 2.95. The quantitative estimate of drug-likeness (QED) is 0.776. The second-order valence-corrected chi connectivity index (χ2v) is 4.43. The highest BCUT2D eigenvalue weighted by molar-refractivity contribution is 5.18. The minimum Gasteiger partial charge on any atom is -0.383 e. The fourth-order valence-corrected chi connectivity index (χ4v) is 1.99. The monoisotopic (exact) mass is 262 g/mol. The van der Waals surface area contributed by atoms with Crippen LogP contribution in [0.2, 0.25) is 0 Å². The van der Waals surface area contributed by atoms with Crippen LogP contribution < -0.4 is 5.32 Å². The van der Waals surface area contributed by atoms with Crippen LogP contribution in [0.5, 0.6) is 0 Å². The smallest absolute Gasteiger partial charge is 0.123 e. The van der Waals surface area contributed by atoms with Crippen LogP contribution in [0.1, 0.15) is 11.3 Å². The van der Waals surface area contributed by atoms with Crippen molar-refractivity contribution < 1.29 is 9.13 Å². The van der Waals surface area contributed by atoms with Gasteiger partial charge in [-0.15, -0.1) is 0 Å². The minimum atomic E-state index is -0.190. The van der Waals surface area contributed by atoms with Gasteiger partial charge in [0.15, 0.2) is 0 Å². The molecule has 2 aromatic rings. The van der Waals surface area contributed by atoms with Crippen LogP contribution in [0.4, 0.5) is 4.39 Å². The molecule has 0 aliphatic rings. The summed E-state index contributed by atoms with van der Waals surface area (Å²) in [6.07, 6.45) is 2.01. The Morgan fingerprint density at radius 1 is 1.26 bits per heavy atom. The Labute approximate surface area is 113 Å². The topological polar surface area (TPSA) is 26.2 Å². The van der Waals surface area contributed by atoms with Crippen molar-refractivity contribution >= 4 is 0 Å². The number of halogens is 1. The third-order valence-corrected chi connectivity index (χ3v) is 2.95. The van der Waals surface area contributed by atoms with E-state index >= 15 is 0 Å². The van der Waals surface area contributed by atoms with Gasteiger partial charge in [0.1, 0.15) is 5.82 Å². The number of hydrogen-bond donors (Lipinski definition) is 1. The molecule has 4 heteroatoms. The van der Waals surface area contributed by atoms with Gasteiger partial charge in [-0.25, -0.2) is 4.39 Å². The Morgan fingerprint density at radius 3 is 2.95 bits per heavy atom. The Bertz CT molecular complexity index is 510. The van der Waals surface area contributed by atoms with E-state index in [1.54, 1.807) is 19.2 Å². The Hall–Kier alpha value is -1.65. The lowest BCUT2D eigenvalue weighted by Crippen LogP contribution is -2.20. The van der Waals surface area contributed by atoms with Crippen molar-refractivity contribution in [2.75, 3.05) is 20.3 Å². The van der Waals surface area contributed by atoms with Crippen LogP contribution in [0.25, 0.3) is 0 Å². The fourth-order valence-electron chi connectivity index (χ4n) is 1.99. The molecule has 3 nitrogen and oxygen atoms in total. The molecule has 0 atom stereocenters. The second-order valence-electron chi connectivity index (χ2n) is 4.43. The van der Waals surface area contributed by atoms with Crippen molar-refractivity contribution in [3.05, 3.63) is 59.7 Å². The van der Waals surface area contributed by atoms with E-state index in [1.165, 1.54) is 11.8 Å². The first kappa shape index (κ1) is 13.8. The Balaban J connectivity index is 1.95. The molecule has 0 unspecified atom stereocenters. The van der Waals surface area contributed by atoms with Crippen LogP contribution in [-0.2, 0) is 17.8 Å². The van der Waals surface area contributed by atoms with Gasteiger partial charge in [0.25, 0.3) is 0 Å². The fraction of sp³-hybridized carbons (Fsp3) is 0.333. The highest BCUT2D eigenvalue weighted by Gasteiger charge is 2.02. The molecule has 0 radical (unpaired) electrons. The van der Waals surface area contributed by atoms with E-state index in [4.69, 9.17) is 4.74 Å². The standard InChI is InChI=1S/C15H19FN2O/c1-19-9-7-17-11-15-6-3-8-18(15)12-13-4-2-5-14(16)10-13/h2-6,8,10,17H,7,9,11-12H2,1H3. The number of methoxy groups -OCH3 is 1. The van der Waals surface area contributed by atoms with E-state index in [2.05, 4.69) is 16.0 Å². The van der Waals surface area contributed by atoms with Gasteiger partial charge in [0.05, 0.1) is 6.61 Å². The number of hydrogen-bond acceptors (Lipinski definition) is 2. The summed E-state index contributed by atoms with van der Waals surface area (Å²) < 4.78 is 20.3. The van der Waals surface area contributed by atoms with Crippen molar-refractivity contribution in [1.82, 2.24) is 9.88 Å². The zero-order chi connectivity index (χ0) is 13.5. The normalized spacial score (nSPS) is 10.8. The number of aromatic nitrogens is 1. The minimum absolute atomic E-state index is 0.190. The molecule has 1 aromatic heterocycles. The van der Waals surface area contributed by atoms with E-state index in [0.717, 1.165) is 18.7 Å². The van der Waals surface area contributed by atoms with Gasteiger partial charge in [-0.1, -0.05) is 12.1 Å². The van der Waals surface area contributed by atoms with Crippen molar-refractivity contribution in [1.29, 1.82) is 0 Å². The molecular formula is C15H19FN2O. The van der Waals surface area contributed by atoms with E-state index < -0.39 is 0 Å². The number of nitrogens with zero attached hydrogens (tertiary/aromatic N) is 1. The van der Waals surface area contributed by atoms with Crippen LogP contribution >= 0.6 is 0 Å². The van der Waals surface area contributed by atoms with Crippen LogP contribution in [-0.4, -0.2) is 24.8 Å². The highest BCUT2D eigenvalue weighted by Crippen LogP contribution is 2.09. The predicted octanol–water partition coefficient (Wildman–Crippen LogP) is 2.41. The van der Waals surface area contributed by atoms with Gasteiger partial charge >= 0.3 is 0 Å². The second kappa shape index (κ2) is 7.07. The third kappa shape index (κ3) is 4.19. The SMILES string of the molecule is COCCNCc1cccn1Cc1cccc(F)c1. The molecular weight excluding hydrogens is 243 g/mol. The zero-order valence-corrected chi connectivity index (χ0v) is 11.1. The van der Waals surface area contributed by atoms with Crippen LogP contribution in [0.3, 0.4) is 0 Å². The molecule has 0 bridgehead atoms. The first-order valence-corrected chi connectivity index (χ1v) is 6.37. The average molecular weight is 262 g/mol. The van der Waals surface area contributed by atoms with Gasteiger partial charge in [-0.2, -0.15) is 0 Å². The van der Waals surface area contributed by atoms with Crippen molar-refractivity contribution in [3.63, 3.8) is 0 Å². The van der Waals surface area contributed by atoms with E-state index in [-0.39, 0.29) is 5.82 Å². The van der Waals surface area contributed by atoms with Crippen molar-refractivity contribution in [2.24, 2.45) is 0 Å². The molecule has 0 amide bonds. The molecule has 0 fully saturated rings. The maximum absolute atomic E-state index is 13.1. The first-order chi connectivity index (χ1) is 9.29. The van der Waals surface area contributed by atoms with Gasteiger partial charge in [0.2, 0.25) is 0 Å². The summed E-state index contributed by atoms with van der Waals surface area (Å²) in [6.45, 7) is 2.99. The Morgan fingerprint density at radius 2 is 2.16 bits per heavy atom. The summed E-state index contributed by atoms with van der Waals surface area (Å²) in [5.74, 6) is -0.190. The maximum Gasteiger partial charge on any atom is 0.123 e. The summed E-state index contributed by atoms with van der Waals surface area (Å²) in [5, 5.41) is 3.31. The van der Waals surface area contributed by atoms with E-state index in [0.29, 0.717) is 13.2 Å². The molecule has 1 N–H and O–H groups in total. The van der Waals surface area contributed by atoms with Gasteiger partial charge in [-0.05, 0) is 29.8 Å². The first-order valence-electron chi connectivity index (χ1n) is 6.37. The highest BCUT2D eigenvalue weighted by atomic mass is 19.1. The molecule has 0 saturated heterocycles. The lowest BCUT2D eigenvalue weighted by Gasteiger charge is -2.10. The van der Waals surface area contributed by atoms with Crippen molar-refractivity contribution in [2.45, 2.75) is 13.1 Å². The number of ether oxygens (including phenoxy) is 1. The molecule has 102 valence electrons. The van der Waals surface area contributed by atoms with Crippen molar-refractivity contribution in [3.8, 4) is 0 Å². The molecule has 1 aromatic carbocycles. The molecule has 0 aliphatic heterocycles. The lowest BCUT2D eigenvalue weighted by molar-refractivity contribution is 0.199. The van der Waals surface area contributed by atoms with Crippen LogP contribution in [0.15, 0.2) is 42.6 Å². The zero-order valence-electron chi connectivity index (χ0n) is 11.1. The molecule has 0 saturated carbocycles. The summed E-state index contributed by atoms with van der Waals surface area (Å²) in [5.41, 5.74) is 2.15. The van der Waals surface area contributed by atoms with E-state index in [1.807, 2.05) is 18.3 Å². The van der Waals surface area contributed by atoms with E-state index in [9.17, 15) is 4.39 Å². The lowest BCUT2D eigenvalue weighted by atomic mass is 10.2. The van der Waals surface area contributed by atoms with Gasteiger partial charge < -0.3 is 14.6 Å². The summed E-state index contributed by atoms with van der Waals surface area (Å²) >= 11 is 0. The maximum atomic E-state index is 13.1. The molecule has 1 heterocycles. The molecule has 19 heavy (non-hydrogen) atoms. The molecule has 0 aliphatic carbocycles. The number of benzene rings is 1. The largest absolute Gasteiger partial charge is 0.383 e. The average Bonchev–Trinajstić information content (AvgIpc) is 2.82. The molecule has 0 spiro atoms. The van der Waals surface area contributed by atoms with Gasteiger partial charge in [0, 0.05) is 38.6 Å². The Kier molecular flexibility index (Phi) is 5.12. The number of rotatable bonds is 7. The predicted molar refractivity (Wildman–Crippen MR) is 73.5 cm³/mol. The number of nitrogens with one attached hydrogen (secondary N) is 1. The molecule has 2 rings (SSSR count). The summed E-state index contributed by atoms with van der Waals surface area (Å²) in [4.78, 5) is 0. The summed E-state index contributed by atoms with van der Waals surface area (Å²) in [7, 11) is 1.69.